The van der Waals surface area contributed by atoms with E-state index in [4.69, 9.17) is 9.84 Å². The highest BCUT2D eigenvalue weighted by atomic mass is 32.2. The molecule has 1 saturated heterocycles. The topological polar surface area (TPSA) is 75.6 Å². The quantitative estimate of drug-likeness (QED) is 0.847. The molecule has 0 amide bonds. The predicted molar refractivity (Wildman–Crippen MR) is 71.1 cm³/mol. The van der Waals surface area contributed by atoms with Gasteiger partial charge in [-0.1, -0.05) is 12.1 Å². The number of hydrogen-bond acceptors (Lipinski definition) is 4. The Labute approximate surface area is 113 Å². The molecular weight excluding hydrogens is 266 g/mol. The Balaban J connectivity index is 2.08. The Hall–Kier alpha value is -0.950. The summed E-state index contributed by atoms with van der Waals surface area (Å²) in [6.45, 7) is 2.41. The van der Waals surface area contributed by atoms with Crippen LogP contribution in [-0.2, 0) is 21.4 Å². The van der Waals surface area contributed by atoms with E-state index in [9.17, 15) is 8.42 Å². The first kappa shape index (κ1) is 14.5. The summed E-state index contributed by atoms with van der Waals surface area (Å²) in [6, 6.07) is 5.95. The zero-order valence-electron chi connectivity index (χ0n) is 10.9. The highest BCUT2D eigenvalue weighted by Crippen LogP contribution is 2.18. The molecule has 6 heteroatoms. The lowest BCUT2D eigenvalue weighted by molar-refractivity contribution is 0.0902. The number of ether oxygens (including phenoxy) is 1. The molecule has 106 valence electrons. The molecule has 0 bridgehead atoms. The Morgan fingerprint density at radius 3 is 2.63 bits per heavy atom. The summed E-state index contributed by atoms with van der Waals surface area (Å²) >= 11 is 0. The third-order valence-electron chi connectivity index (χ3n) is 3.28. The molecule has 19 heavy (non-hydrogen) atoms. The molecule has 2 unspecified atom stereocenters. The first-order valence-electron chi connectivity index (χ1n) is 6.36. The van der Waals surface area contributed by atoms with Crippen LogP contribution in [0.5, 0.6) is 0 Å². The molecule has 1 fully saturated rings. The van der Waals surface area contributed by atoms with Crippen LogP contribution in [0, 0.1) is 0 Å². The summed E-state index contributed by atoms with van der Waals surface area (Å²) in [4.78, 5) is 0.203. The largest absolute Gasteiger partial charge is 0.392 e. The van der Waals surface area contributed by atoms with Gasteiger partial charge >= 0.3 is 0 Å². The van der Waals surface area contributed by atoms with E-state index in [1.165, 1.54) is 12.1 Å². The molecular formula is C13H19NO4S. The molecule has 1 heterocycles. The van der Waals surface area contributed by atoms with Crippen LogP contribution in [0.15, 0.2) is 29.2 Å². The van der Waals surface area contributed by atoms with Gasteiger partial charge in [-0.15, -0.1) is 0 Å². The highest BCUT2D eigenvalue weighted by Gasteiger charge is 2.26. The Morgan fingerprint density at radius 1 is 1.42 bits per heavy atom. The van der Waals surface area contributed by atoms with Crippen molar-refractivity contribution in [3.8, 4) is 0 Å². The minimum atomic E-state index is -3.53. The van der Waals surface area contributed by atoms with Gasteiger partial charge in [-0.2, -0.15) is 0 Å². The van der Waals surface area contributed by atoms with Gasteiger partial charge in [-0.3, -0.25) is 0 Å². The lowest BCUT2D eigenvalue weighted by Gasteiger charge is -2.20. The molecule has 2 rings (SSSR count). The standard InChI is InChI=1S/C13H19NO4S/c1-10(13-3-2-8-18-13)14-19(16,17)12-6-4-11(9-15)5-7-12/h4-7,10,13-15H,2-3,8-9H2,1H3. The second-order valence-corrected chi connectivity index (χ2v) is 6.48. The summed E-state index contributed by atoms with van der Waals surface area (Å²) in [7, 11) is -3.53. The third kappa shape index (κ3) is 3.54. The fourth-order valence-electron chi connectivity index (χ4n) is 2.16. The first-order chi connectivity index (χ1) is 9.03. The van der Waals surface area contributed by atoms with Gasteiger partial charge in [0, 0.05) is 12.6 Å². The summed E-state index contributed by atoms with van der Waals surface area (Å²) in [5, 5.41) is 8.94. The Morgan fingerprint density at radius 2 is 2.11 bits per heavy atom. The Kier molecular flexibility index (Phi) is 4.57. The van der Waals surface area contributed by atoms with E-state index in [1.54, 1.807) is 12.1 Å². The van der Waals surface area contributed by atoms with E-state index in [0.29, 0.717) is 12.2 Å². The Bertz CT molecular complexity index is 506. The molecule has 1 aromatic rings. The van der Waals surface area contributed by atoms with Crippen molar-refractivity contribution in [1.29, 1.82) is 0 Å². The van der Waals surface area contributed by atoms with Crippen molar-refractivity contribution >= 4 is 10.0 Å². The normalized spacial score (nSPS) is 21.5. The van der Waals surface area contributed by atoms with Crippen LogP contribution >= 0.6 is 0 Å². The molecule has 0 spiro atoms. The minimum absolute atomic E-state index is 0.0495. The number of sulfonamides is 1. The summed E-state index contributed by atoms with van der Waals surface area (Å²) in [6.07, 6.45) is 1.81. The molecule has 5 nitrogen and oxygen atoms in total. The molecule has 1 aliphatic heterocycles. The zero-order valence-corrected chi connectivity index (χ0v) is 11.7. The van der Waals surface area contributed by atoms with E-state index in [1.807, 2.05) is 6.92 Å². The number of hydrogen-bond donors (Lipinski definition) is 2. The monoisotopic (exact) mass is 285 g/mol. The van der Waals surface area contributed by atoms with Crippen LogP contribution in [-0.4, -0.2) is 32.3 Å². The van der Waals surface area contributed by atoms with Gasteiger partial charge in [0.15, 0.2) is 0 Å². The minimum Gasteiger partial charge on any atom is -0.392 e. The predicted octanol–water partition coefficient (Wildman–Crippen LogP) is 1.02. The van der Waals surface area contributed by atoms with Crippen molar-refractivity contribution in [2.75, 3.05) is 6.61 Å². The fourth-order valence-corrected chi connectivity index (χ4v) is 3.43. The third-order valence-corrected chi connectivity index (χ3v) is 4.85. The van der Waals surface area contributed by atoms with Crippen molar-refractivity contribution < 1.29 is 18.3 Å². The lowest BCUT2D eigenvalue weighted by Crippen LogP contribution is -2.40. The van der Waals surface area contributed by atoms with Crippen molar-refractivity contribution in [2.45, 2.75) is 43.4 Å². The number of aliphatic hydroxyl groups excluding tert-OH is 1. The number of aliphatic hydroxyl groups is 1. The van der Waals surface area contributed by atoms with E-state index in [-0.39, 0.29) is 23.6 Å². The average Bonchev–Trinajstić information content (AvgIpc) is 2.92. The fraction of sp³-hybridized carbons (Fsp3) is 0.538. The van der Waals surface area contributed by atoms with Gasteiger partial charge in [0.05, 0.1) is 17.6 Å². The van der Waals surface area contributed by atoms with Crippen LogP contribution in [0.25, 0.3) is 0 Å². The second-order valence-electron chi connectivity index (χ2n) is 4.76. The molecule has 1 aromatic carbocycles. The molecule has 0 radical (unpaired) electrons. The van der Waals surface area contributed by atoms with Crippen LogP contribution in [0.2, 0.25) is 0 Å². The maximum atomic E-state index is 12.2. The SMILES string of the molecule is CC(NS(=O)(=O)c1ccc(CO)cc1)C1CCCO1. The second kappa shape index (κ2) is 6.00. The van der Waals surface area contributed by atoms with Gasteiger partial charge in [0.2, 0.25) is 10.0 Å². The maximum absolute atomic E-state index is 12.2. The summed E-state index contributed by atoms with van der Waals surface area (Å²) in [5.41, 5.74) is 0.686. The van der Waals surface area contributed by atoms with Crippen molar-refractivity contribution in [3.63, 3.8) is 0 Å². The molecule has 2 N–H and O–H groups in total. The van der Waals surface area contributed by atoms with Gasteiger partial charge in [0.25, 0.3) is 0 Å². The molecule has 0 saturated carbocycles. The highest BCUT2D eigenvalue weighted by molar-refractivity contribution is 7.89. The van der Waals surface area contributed by atoms with Crippen molar-refractivity contribution in [1.82, 2.24) is 4.72 Å². The average molecular weight is 285 g/mol. The van der Waals surface area contributed by atoms with Crippen LogP contribution in [0.3, 0.4) is 0 Å². The van der Waals surface area contributed by atoms with Gasteiger partial charge < -0.3 is 9.84 Å². The van der Waals surface area contributed by atoms with E-state index < -0.39 is 10.0 Å². The molecule has 0 aromatic heterocycles. The van der Waals surface area contributed by atoms with Gasteiger partial charge in [-0.25, -0.2) is 13.1 Å². The number of rotatable bonds is 5. The smallest absolute Gasteiger partial charge is 0.240 e. The van der Waals surface area contributed by atoms with Crippen molar-refractivity contribution in [3.05, 3.63) is 29.8 Å². The lowest BCUT2D eigenvalue weighted by atomic mass is 10.1. The summed E-state index contributed by atoms with van der Waals surface area (Å²) in [5.74, 6) is 0. The maximum Gasteiger partial charge on any atom is 0.240 e. The van der Waals surface area contributed by atoms with Gasteiger partial charge in [-0.05, 0) is 37.5 Å². The number of nitrogens with one attached hydrogen (secondary N) is 1. The van der Waals surface area contributed by atoms with Gasteiger partial charge in [0.1, 0.15) is 0 Å². The van der Waals surface area contributed by atoms with E-state index in [0.717, 1.165) is 12.8 Å². The van der Waals surface area contributed by atoms with E-state index >= 15 is 0 Å². The van der Waals surface area contributed by atoms with Crippen LogP contribution in [0.1, 0.15) is 25.3 Å². The zero-order chi connectivity index (χ0) is 13.9. The van der Waals surface area contributed by atoms with E-state index in [2.05, 4.69) is 4.72 Å². The molecule has 1 aliphatic rings. The number of benzene rings is 1. The van der Waals surface area contributed by atoms with Crippen LogP contribution < -0.4 is 4.72 Å². The molecule has 0 aliphatic carbocycles. The summed E-state index contributed by atoms with van der Waals surface area (Å²) < 4.78 is 32.4. The van der Waals surface area contributed by atoms with Crippen LogP contribution in [0.4, 0.5) is 0 Å². The molecule has 2 atom stereocenters. The van der Waals surface area contributed by atoms with Crippen molar-refractivity contribution in [2.24, 2.45) is 0 Å². The first-order valence-corrected chi connectivity index (χ1v) is 7.85.